The van der Waals surface area contributed by atoms with Crippen molar-refractivity contribution < 1.29 is 13.2 Å². The maximum atomic E-state index is 12.7. The third-order valence-electron chi connectivity index (χ3n) is 4.62. The minimum Gasteiger partial charge on any atom is -0.494 e. The van der Waals surface area contributed by atoms with E-state index < -0.39 is 10.0 Å². The second-order valence-corrected chi connectivity index (χ2v) is 8.89. The maximum absolute atomic E-state index is 12.7. The lowest BCUT2D eigenvalue weighted by Crippen LogP contribution is -2.27. The molecule has 1 N–H and O–H groups in total. The van der Waals surface area contributed by atoms with Crippen molar-refractivity contribution in [1.82, 2.24) is 19.7 Å². The molecule has 1 aliphatic rings. The number of nitrogens with one attached hydrogen (secondary N) is 1. The van der Waals surface area contributed by atoms with Crippen LogP contribution >= 0.6 is 0 Å². The van der Waals surface area contributed by atoms with Crippen LogP contribution in [0.25, 0.3) is 0 Å². The van der Waals surface area contributed by atoms with Crippen LogP contribution in [0.2, 0.25) is 0 Å². The van der Waals surface area contributed by atoms with Crippen LogP contribution in [0, 0.1) is 6.92 Å². The SMILES string of the molecule is CCOc1ccc(S(=O)(=O)NCc2nc(N(C)C)nc(N3CCCC3)n2)cc1C. The van der Waals surface area contributed by atoms with Crippen molar-refractivity contribution in [2.45, 2.75) is 38.1 Å². The second-order valence-electron chi connectivity index (χ2n) is 7.13. The third-order valence-corrected chi connectivity index (χ3v) is 6.02. The smallest absolute Gasteiger partial charge is 0.240 e. The topological polar surface area (TPSA) is 101 Å². The van der Waals surface area contributed by atoms with Crippen molar-refractivity contribution in [3.63, 3.8) is 0 Å². The van der Waals surface area contributed by atoms with Crippen LogP contribution in [0.3, 0.4) is 0 Å². The van der Waals surface area contributed by atoms with Crippen LogP contribution < -0.4 is 19.3 Å². The summed E-state index contributed by atoms with van der Waals surface area (Å²) in [7, 11) is -0.0169. The van der Waals surface area contributed by atoms with E-state index >= 15 is 0 Å². The first-order valence-corrected chi connectivity index (χ1v) is 11.2. The highest BCUT2D eigenvalue weighted by Crippen LogP contribution is 2.22. The van der Waals surface area contributed by atoms with Gasteiger partial charge in [-0.2, -0.15) is 15.0 Å². The average Bonchev–Trinajstić information content (AvgIpc) is 3.23. The van der Waals surface area contributed by atoms with Crippen LogP contribution in [0.4, 0.5) is 11.9 Å². The number of ether oxygens (including phenoxy) is 1. The van der Waals surface area contributed by atoms with Gasteiger partial charge in [0, 0.05) is 27.2 Å². The summed E-state index contributed by atoms with van der Waals surface area (Å²) in [5.41, 5.74) is 0.765. The molecule has 3 rings (SSSR count). The van der Waals surface area contributed by atoms with Crippen molar-refractivity contribution >= 4 is 21.9 Å². The minimum atomic E-state index is -3.71. The molecular formula is C19H28N6O3S. The Balaban J connectivity index is 1.79. The van der Waals surface area contributed by atoms with Crippen molar-refractivity contribution in [1.29, 1.82) is 0 Å². The highest BCUT2D eigenvalue weighted by Gasteiger charge is 2.20. The normalized spacial score (nSPS) is 14.3. The molecule has 1 aromatic carbocycles. The van der Waals surface area contributed by atoms with Crippen molar-refractivity contribution in [2.24, 2.45) is 0 Å². The second kappa shape index (κ2) is 8.91. The molecule has 0 saturated carbocycles. The number of aromatic nitrogens is 3. The highest BCUT2D eigenvalue weighted by molar-refractivity contribution is 7.89. The molecular weight excluding hydrogens is 392 g/mol. The molecule has 0 amide bonds. The van der Waals surface area contributed by atoms with E-state index in [1.54, 1.807) is 17.0 Å². The van der Waals surface area contributed by atoms with E-state index in [4.69, 9.17) is 4.74 Å². The first-order valence-electron chi connectivity index (χ1n) is 9.70. The fraction of sp³-hybridized carbons (Fsp3) is 0.526. The lowest BCUT2D eigenvalue weighted by atomic mass is 10.2. The number of hydrogen-bond acceptors (Lipinski definition) is 8. The number of anilines is 2. The van der Waals surface area contributed by atoms with Gasteiger partial charge in [-0.3, -0.25) is 0 Å². The van der Waals surface area contributed by atoms with E-state index in [9.17, 15) is 8.42 Å². The van der Waals surface area contributed by atoms with Crippen LogP contribution in [0.5, 0.6) is 5.75 Å². The summed E-state index contributed by atoms with van der Waals surface area (Å²) in [6.45, 7) is 6.01. The van der Waals surface area contributed by atoms with Gasteiger partial charge >= 0.3 is 0 Å². The number of benzene rings is 1. The van der Waals surface area contributed by atoms with Gasteiger partial charge in [-0.1, -0.05) is 0 Å². The Bertz CT molecular complexity index is 958. The first-order chi connectivity index (χ1) is 13.8. The number of aryl methyl sites for hydroxylation is 1. The summed E-state index contributed by atoms with van der Waals surface area (Å²) < 4.78 is 33.6. The molecule has 0 unspecified atom stereocenters. The van der Waals surface area contributed by atoms with Gasteiger partial charge in [-0.05, 0) is 50.5 Å². The molecule has 2 aromatic rings. The predicted octanol–water partition coefficient (Wildman–Crippen LogP) is 1.72. The van der Waals surface area contributed by atoms with E-state index in [1.165, 1.54) is 6.07 Å². The van der Waals surface area contributed by atoms with Crippen molar-refractivity contribution in [3.05, 3.63) is 29.6 Å². The Morgan fingerprint density at radius 2 is 1.90 bits per heavy atom. The third kappa shape index (κ3) is 5.13. The molecule has 158 valence electrons. The zero-order chi connectivity index (χ0) is 21.0. The first kappa shape index (κ1) is 21.3. The maximum Gasteiger partial charge on any atom is 0.240 e. The monoisotopic (exact) mass is 420 g/mol. The van der Waals surface area contributed by atoms with Gasteiger partial charge in [0.25, 0.3) is 0 Å². The van der Waals surface area contributed by atoms with Gasteiger partial charge in [-0.15, -0.1) is 0 Å². The fourth-order valence-corrected chi connectivity index (χ4v) is 4.15. The number of rotatable bonds is 8. The van der Waals surface area contributed by atoms with Gasteiger partial charge in [-0.25, -0.2) is 13.1 Å². The lowest BCUT2D eigenvalue weighted by Gasteiger charge is -2.19. The molecule has 1 aliphatic heterocycles. The Labute approximate surface area is 172 Å². The zero-order valence-corrected chi connectivity index (χ0v) is 18.2. The Kier molecular flexibility index (Phi) is 6.53. The van der Waals surface area contributed by atoms with Crippen LogP contribution in [-0.2, 0) is 16.6 Å². The summed E-state index contributed by atoms with van der Waals surface area (Å²) >= 11 is 0. The van der Waals surface area contributed by atoms with E-state index in [-0.39, 0.29) is 11.4 Å². The van der Waals surface area contributed by atoms with Crippen LogP contribution in [-0.4, -0.2) is 57.2 Å². The minimum absolute atomic E-state index is 0.0151. The number of sulfonamides is 1. The average molecular weight is 421 g/mol. The van der Waals surface area contributed by atoms with E-state index in [0.29, 0.717) is 30.1 Å². The van der Waals surface area contributed by atoms with Crippen LogP contribution in [0.15, 0.2) is 23.1 Å². The van der Waals surface area contributed by atoms with Gasteiger partial charge in [0.1, 0.15) is 5.75 Å². The molecule has 1 aromatic heterocycles. The zero-order valence-electron chi connectivity index (χ0n) is 17.3. The van der Waals surface area contributed by atoms with Crippen LogP contribution in [0.1, 0.15) is 31.2 Å². The molecule has 29 heavy (non-hydrogen) atoms. The molecule has 0 aliphatic carbocycles. The Morgan fingerprint density at radius 1 is 1.17 bits per heavy atom. The fourth-order valence-electron chi connectivity index (χ4n) is 3.08. The van der Waals surface area contributed by atoms with Gasteiger partial charge in [0.2, 0.25) is 21.9 Å². The summed E-state index contributed by atoms with van der Waals surface area (Å²) in [4.78, 5) is 17.4. The van der Waals surface area contributed by atoms with E-state index in [1.807, 2.05) is 27.9 Å². The number of hydrogen-bond donors (Lipinski definition) is 1. The predicted molar refractivity (Wildman–Crippen MR) is 112 cm³/mol. The quantitative estimate of drug-likeness (QED) is 0.689. The van der Waals surface area contributed by atoms with Crippen molar-refractivity contribution in [3.8, 4) is 5.75 Å². The Hall–Kier alpha value is -2.46. The molecule has 9 nitrogen and oxygen atoms in total. The summed E-state index contributed by atoms with van der Waals surface area (Å²) in [5, 5.41) is 0. The molecule has 0 radical (unpaired) electrons. The summed E-state index contributed by atoms with van der Waals surface area (Å²) in [5.74, 6) is 2.16. The largest absolute Gasteiger partial charge is 0.494 e. The lowest BCUT2D eigenvalue weighted by molar-refractivity contribution is 0.337. The molecule has 2 heterocycles. The molecule has 1 saturated heterocycles. The molecule has 0 bridgehead atoms. The van der Waals surface area contributed by atoms with E-state index in [0.717, 1.165) is 31.5 Å². The summed E-state index contributed by atoms with van der Waals surface area (Å²) in [6.07, 6.45) is 2.20. The highest BCUT2D eigenvalue weighted by atomic mass is 32.2. The standard InChI is InChI=1S/C19H28N6O3S/c1-5-28-16-9-8-15(12-14(16)2)29(26,27)20-13-17-21-18(24(3)4)23-19(22-17)25-10-6-7-11-25/h8-9,12,20H,5-7,10-11,13H2,1-4H3. The summed E-state index contributed by atoms with van der Waals surface area (Å²) in [6, 6.07) is 4.81. The molecule has 1 fully saturated rings. The van der Waals surface area contributed by atoms with Crippen molar-refractivity contribution in [2.75, 3.05) is 43.6 Å². The Morgan fingerprint density at radius 3 is 2.52 bits per heavy atom. The van der Waals surface area contributed by atoms with Gasteiger partial charge in [0.15, 0.2) is 5.82 Å². The van der Waals surface area contributed by atoms with Gasteiger partial charge < -0.3 is 14.5 Å². The molecule has 0 spiro atoms. The molecule has 10 heteroatoms. The molecule has 0 atom stereocenters. The van der Waals surface area contributed by atoms with E-state index in [2.05, 4.69) is 24.6 Å². The van der Waals surface area contributed by atoms with Gasteiger partial charge in [0.05, 0.1) is 18.0 Å². The number of nitrogens with zero attached hydrogens (tertiary/aromatic N) is 5.